The number of pyridine rings is 1. The Morgan fingerprint density at radius 3 is 2.59 bits per heavy atom. The average molecular weight is 521 g/mol. The van der Waals surface area contributed by atoms with Gasteiger partial charge in [0, 0.05) is 74.0 Å². The zero-order valence-corrected chi connectivity index (χ0v) is 21.4. The minimum atomic E-state index is -3.46. The van der Waals surface area contributed by atoms with E-state index in [0.717, 1.165) is 36.0 Å². The number of nitrogens with zero attached hydrogens (tertiary/aromatic N) is 6. The molecule has 0 spiro atoms. The topological polar surface area (TPSA) is 125 Å². The Kier molecular flexibility index (Phi) is 6.76. The van der Waals surface area contributed by atoms with Crippen LogP contribution in [-0.2, 0) is 16.6 Å². The second kappa shape index (κ2) is 10.1. The van der Waals surface area contributed by atoms with Crippen molar-refractivity contribution in [2.24, 2.45) is 0 Å². The van der Waals surface area contributed by atoms with Crippen molar-refractivity contribution in [1.29, 1.82) is 0 Å². The van der Waals surface area contributed by atoms with Gasteiger partial charge in [-0.3, -0.25) is 9.10 Å². The summed E-state index contributed by atoms with van der Waals surface area (Å²) in [5.41, 5.74) is 2.84. The fourth-order valence-electron chi connectivity index (χ4n) is 4.21. The summed E-state index contributed by atoms with van der Waals surface area (Å²) in [5, 5.41) is 7.30. The van der Waals surface area contributed by atoms with Gasteiger partial charge in [-0.05, 0) is 36.4 Å². The van der Waals surface area contributed by atoms with Gasteiger partial charge in [-0.25, -0.2) is 18.4 Å². The number of piperazine rings is 1. The predicted octanol–water partition coefficient (Wildman–Crippen LogP) is 2.06. The van der Waals surface area contributed by atoms with E-state index in [9.17, 15) is 13.2 Å². The molecule has 1 saturated heterocycles. The summed E-state index contributed by atoms with van der Waals surface area (Å²) in [6.45, 7) is 3.41. The molecule has 1 fully saturated rings. The maximum atomic E-state index is 12.7. The largest absolute Gasteiger partial charge is 0.336 e. The third-order valence-electron chi connectivity index (χ3n) is 6.30. The molecule has 2 N–H and O–H groups in total. The van der Waals surface area contributed by atoms with Crippen molar-refractivity contribution in [2.45, 2.75) is 6.54 Å². The summed E-state index contributed by atoms with van der Waals surface area (Å²) in [7, 11) is -1.97. The number of sulfonamides is 1. The molecule has 1 amide bonds. The highest BCUT2D eigenvalue weighted by atomic mass is 32.2. The molecule has 1 aromatic carbocycles. The van der Waals surface area contributed by atoms with Gasteiger partial charge >= 0.3 is 0 Å². The van der Waals surface area contributed by atoms with Crippen LogP contribution in [0.2, 0.25) is 0 Å². The predicted molar refractivity (Wildman–Crippen MR) is 143 cm³/mol. The number of benzene rings is 1. The second-order valence-corrected chi connectivity index (χ2v) is 10.9. The molecular weight excluding hydrogens is 492 g/mol. The SMILES string of the molecule is CN(c1ncccc1Cn1ccc2cnc(Nc3ccc(C(=O)N4CCNCC4)cc3)nc21)S(C)(=O)=O. The first kappa shape index (κ1) is 24.7. The molecule has 192 valence electrons. The number of carbonyl (C=O) groups is 1. The molecule has 3 aromatic heterocycles. The highest BCUT2D eigenvalue weighted by Gasteiger charge is 2.19. The lowest BCUT2D eigenvalue weighted by atomic mass is 10.1. The van der Waals surface area contributed by atoms with Crippen LogP contribution in [0.5, 0.6) is 0 Å². The van der Waals surface area contributed by atoms with Gasteiger partial charge < -0.3 is 20.1 Å². The number of rotatable bonds is 7. The normalized spacial score (nSPS) is 14.1. The van der Waals surface area contributed by atoms with Gasteiger partial charge in [0.2, 0.25) is 16.0 Å². The Morgan fingerprint density at radius 2 is 1.86 bits per heavy atom. The minimum Gasteiger partial charge on any atom is -0.336 e. The van der Waals surface area contributed by atoms with Gasteiger partial charge in [0.25, 0.3) is 5.91 Å². The molecule has 37 heavy (non-hydrogen) atoms. The van der Waals surface area contributed by atoms with E-state index in [1.807, 2.05) is 39.9 Å². The number of aromatic nitrogens is 4. The summed E-state index contributed by atoms with van der Waals surface area (Å²) >= 11 is 0. The molecule has 1 aliphatic rings. The Labute approximate surface area is 215 Å². The van der Waals surface area contributed by atoms with Crippen LogP contribution in [0.1, 0.15) is 15.9 Å². The Bertz CT molecular complexity index is 1530. The molecule has 0 radical (unpaired) electrons. The van der Waals surface area contributed by atoms with Gasteiger partial charge in [0.05, 0.1) is 12.8 Å². The monoisotopic (exact) mass is 520 g/mol. The van der Waals surface area contributed by atoms with Crippen LogP contribution in [0.3, 0.4) is 0 Å². The lowest BCUT2D eigenvalue weighted by Crippen LogP contribution is -2.46. The molecule has 11 nitrogen and oxygen atoms in total. The van der Waals surface area contributed by atoms with E-state index in [-0.39, 0.29) is 5.91 Å². The van der Waals surface area contributed by atoms with E-state index >= 15 is 0 Å². The standard InChI is InChI=1S/C25H28N8O3S/c1-31(37(2,35)36)22-20(4-3-10-27-22)17-33-13-9-19-16-28-25(30-23(19)33)29-21-7-5-18(6-8-21)24(34)32-14-11-26-12-15-32/h3-10,13,16,26H,11-12,14-15,17H2,1-2H3,(H,28,29,30). The van der Waals surface area contributed by atoms with Gasteiger partial charge in [-0.15, -0.1) is 0 Å². The number of amides is 1. The summed E-state index contributed by atoms with van der Waals surface area (Å²) in [6, 6.07) is 12.8. The molecule has 12 heteroatoms. The van der Waals surface area contributed by atoms with E-state index in [4.69, 9.17) is 0 Å². The third-order valence-corrected chi connectivity index (χ3v) is 7.47. The second-order valence-electron chi connectivity index (χ2n) is 8.88. The van der Waals surface area contributed by atoms with Crippen LogP contribution in [-0.4, -0.2) is 78.2 Å². The minimum absolute atomic E-state index is 0.0276. The molecule has 0 saturated carbocycles. The van der Waals surface area contributed by atoms with E-state index in [0.29, 0.717) is 42.6 Å². The fraction of sp³-hybridized carbons (Fsp3) is 0.280. The van der Waals surface area contributed by atoms with Crippen LogP contribution < -0.4 is 14.9 Å². The lowest BCUT2D eigenvalue weighted by Gasteiger charge is -2.27. The summed E-state index contributed by atoms with van der Waals surface area (Å²) in [4.78, 5) is 27.9. The van der Waals surface area contributed by atoms with Crippen molar-refractivity contribution in [2.75, 3.05) is 49.1 Å². The number of nitrogens with one attached hydrogen (secondary N) is 2. The van der Waals surface area contributed by atoms with E-state index in [1.165, 1.54) is 11.4 Å². The number of hydrogen-bond acceptors (Lipinski definition) is 8. The van der Waals surface area contributed by atoms with Crippen molar-refractivity contribution < 1.29 is 13.2 Å². The molecule has 4 heterocycles. The molecule has 0 aliphatic carbocycles. The zero-order valence-electron chi connectivity index (χ0n) is 20.6. The van der Waals surface area contributed by atoms with Crippen LogP contribution in [0.25, 0.3) is 11.0 Å². The van der Waals surface area contributed by atoms with Crippen molar-refractivity contribution in [3.63, 3.8) is 0 Å². The van der Waals surface area contributed by atoms with Crippen LogP contribution >= 0.6 is 0 Å². The molecule has 1 aliphatic heterocycles. The summed E-state index contributed by atoms with van der Waals surface area (Å²) < 4.78 is 27.3. The zero-order chi connectivity index (χ0) is 26.0. The molecular formula is C25H28N8O3S. The van der Waals surface area contributed by atoms with Crippen molar-refractivity contribution >= 4 is 44.4 Å². The highest BCUT2D eigenvalue weighted by molar-refractivity contribution is 7.92. The average Bonchev–Trinajstić information content (AvgIpc) is 3.30. The van der Waals surface area contributed by atoms with E-state index < -0.39 is 10.0 Å². The Balaban J connectivity index is 1.35. The van der Waals surface area contributed by atoms with Crippen molar-refractivity contribution in [1.82, 2.24) is 29.7 Å². The molecule has 0 unspecified atom stereocenters. The Morgan fingerprint density at radius 1 is 1.11 bits per heavy atom. The van der Waals surface area contributed by atoms with Gasteiger partial charge in [0.15, 0.2) is 0 Å². The first-order chi connectivity index (χ1) is 17.8. The summed E-state index contributed by atoms with van der Waals surface area (Å²) in [5.74, 6) is 0.808. The van der Waals surface area contributed by atoms with E-state index in [2.05, 4.69) is 25.6 Å². The fourth-order valence-corrected chi connectivity index (χ4v) is 4.69. The molecule has 0 bridgehead atoms. The number of carbonyl (C=O) groups excluding carboxylic acids is 1. The lowest BCUT2D eigenvalue weighted by molar-refractivity contribution is 0.0736. The number of hydrogen-bond donors (Lipinski definition) is 2. The quantitative estimate of drug-likeness (QED) is 0.379. The van der Waals surface area contributed by atoms with Crippen LogP contribution in [0.4, 0.5) is 17.5 Å². The highest BCUT2D eigenvalue weighted by Crippen LogP contribution is 2.23. The Hall–Kier alpha value is -4.03. The molecule has 0 atom stereocenters. The summed E-state index contributed by atoms with van der Waals surface area (Å²) in [6.07, 6.45) is 6.34. The van der Waals surface area contributed by atoms with E-state index in [1.54, 1.807) is 30.6 Å². The van der Waals surface area contributed by atoms with Crippen molar-refractivity contribution in [3.05, 3.63) is 72.2 Å². The number of anilines is 3. The maximum Gasteiger partial charge on any atom is 0.253 e. The van der Waals surface area contributed by atoms with Crippen LogP contribution in [0, 0.1) is 0 Å². The number of fused-ring (bicyclic) bond motifs is 1. The first-order valence-corrected chi connectivity index (χ1v) is 13.7. The maximum absolute atomic E-state index is 12.7. The van der Waals surface area contributed by atoms with Gasteiger partial charge in [0.1, 0.15) is 11.5 Å². The smallest absolute Gasteiger partial charge is 0.253 e. The van der Waals surface area contributed by atoms with Gasteiger partial charge in [-0.1, -0.05) is 6.07 Å². The first-order valence-electron chi connectivity index (χ1n) is 11.9. The molecule has 5 rings (SSSR count). The van der Waals surface area contributed by atoms with Crippen LogP contribution in [0.15, 0.2) is 61.1 Å². The van der Waals surface area contributed by atoms with Crippen molar-refractivity contribution in [3.8, 4) is 0 Å². The third kappa shape index (κ3) is 5.39. The molecule has 4 aromatic rings. The van der Waals surface area contributed by atoms with Gasteiger partial charge in [-0.2, -0.15) is 4.98 Å².